The van der Waals surface area contributed by atoms with E-state index in [1.165, 1.54) is 12.1 Å². The van der Waals surface area contributed by atoms with Crippen LogP contribution in [-0.4, -0.2) is 16.0 Å². The highest BCUT2D eigenvalue weighted by Gasteiger charge is 2.30. The summed E-state index contributed by atoms with van der Waals surface area (Å²) in [6.07, 6.45) is 0. The molecule has 0 spiro atoms. The van der Waals surface area contributed by atoms with Crippen LogP contribution in [0.4, 0.5) is 0 Å². The number of rotatable bonds is 0. The number of carbonyl (C=O) groups is 1. The van der Waals surface area contributed by atoms with E-state index in [4.69, 9.17) is 0 Å². The summed E-state index contributed by atoms with van der Waals surface area (Å²) in [5, 5.41) is 19.4. The summed E-state index contributed by atoms with van der Waals surface area (Å²) in [6, 6.07) is 9.65. The molecule has 0 atom stereocenters. The molecule has 0 unspecified atom stereocenters. The summed E-state index contributed by atoms with van der Waals surface area (Å²) >= 11 is 0. The van der Waals surface area contributed by atoms with Gasteiger partial charge in [0.2, 0.25) is 0 Å². The first-order chi connectivity index (χ1) is 7.70. The Labute approximate surface area is 91.6 Å². The summed E-state index contributed by atoms with van der Waals surface area (Å²) in [4.78, 5) is 12.0. The van der Waals surface area contributed by atoms with Crippen molar-refractivity contribution in [3.05, 3.63) is 47.5 Å². The second-order valence-corrected chi connectivity index (χ2v) is 3.73. The molecule has 3 nitrogen and oxygen atoms in total. The molecule has 0 bridgehead atoms. The Balaban J connectivity index is 2.46. The lowest BCUT2D eigenvalue weighted by molar-refractivity contribution is 0.104. The molecule has 0 aromatic heterocycles. The molecule has 1 aliphatic rings. The van der Waals surface area contributed by atoms with Gasteiger partial charge in [-0.1, -0.05) is 24.3 Å². The van der Waals surface area contributed by atoms with E-state index in [0.717, 1.165) is 0 Å². The number of hydrogen-bond donors (Lipinski definition) is 2. The van der Waals surface area contributed by atoms with Crippen molar-refractivity contribution in [1.82, 2.24) is 0 Å². The van der Waals surface area contributed by atoms with Gasteiger partial charge >= 0.3 is 0 Å². The summed E-state index contributed by atoms with van der Waals surface area (Å²) in [5.41, 5.74) is 1.83. The van der Waals surface area contributed by atoms with Crippen LogP contribution in [0.25, 0.3) is 11.1 Å². The van der Waals surface area contributed by atoms with Crippen LogP contribution in [0, 0.1) is 0 Å². The molecule has 2 N–H and O–H groups in total. The smallest absolute Gasteiger partial charge is 0.198 e. The van der Waals surface area contributed by atoms with Crippen molar-refractivity contribution in [3.8, 4) is 22.6 Å². The average molecular weight is 212 g/mol. The highest BCUT2D eigenvalue weighted by Crippen LogP contribution is 2.44. The normalized spacial score (nSPS) is 12.4. The van der Waals surface area contributed by atoms with E-state index in [2.05, 4.69) is 0 Å². The number of carbonyl (C=O) groups excluding carboxylic acids is 1. The van der Waals surface area contributed by atoms with Gasteiger partial charge in [0, 0.05) is 16.7 Å². The van der Waals surface area contributed by atoms with E-state index < -0.39 is 0 Å². The third-order valence-corrected chi connectivity index (χ3v) is 2.83. The van der Waals surface area contributed by atoms with Gasteiger partial charge in [-0.2, -0.15) is 0 Å². The summed E-state index contributed by atoms with van der Waals surface area (Å²) in [5.74, 6) is -0.215. The van der Waals surface area contributed by atoms with Gasteiger partial charge in [0.25, 0.3) is 0 Å². The molecule has 0 heterocycles. The molecule has 2 aromatic rings. The molecule has 16 heavy (non-hydrogen) atoms. The summed E-state index contributed by atoms with van der Waals surface area (Å²) in [6.45, 7) is 0. The number of phenols is 2. The van der Waals surface area contributed by atoms with Gasteiger partial charge in [0.15, 0.2) is 5.78 Å². The highest BCUT2D eigenvalue weighted by atomic mass is 16.3. The topological polar surface area (TPSA) is 57.5 Å². The molecule has 78 valence electrons. The van der Waals surface area contributed by atoms with Crippen molar-refractivity contribution in [1.29, 1.82) is 0 Å². The van der Waals surface area contributed by atoms with E-state index in [1.807, 2.05) is 0 Å². The Hall–Kier alpha value is -2.29. The Morgan fingerprint density at radius 3 is 2.00 bits per heavy atom. The number of fused-ring (bicyclic) bond motifs is 3. The fraction of sp³-hybridized carbons (Fsp3) is 0. The lowest BCUT2D eigenvalue weighted by Gasteiger charge is -2.02. The first kappa shape index (κ1) is 8.97. The van der Waals surface area contributed by atoms with Gasteiger partial charge in [-0.15, -0.1) is 0 Å². The quantitative estimate of drug-likeness (QED) is 0.601. The van der Waals surface area contributed by atoms with Gasteiger partial charge < -0.3 is 10.2 Å². The molecule has 0 aliphatic heterocycles. The van der Waals surface area contributed by atoms with Gasteiger partial charge in [-0.05, 0) is 12.1 Å². The van der Waals surface area contributed by atoms with Crippen LogP contribution >= 0.6 is 0 Å². The Kier molecular flexibility index (Phi) is 1.60. The maximum atomic E-state index is 12.0. The van der Waals surface area contributed by atoms with Crippen LogP contribution in [0.15, 0.2) is 36.4 Å². The monoisotopic (exact) mass is 212 g/mol. The fourth-order valence-electron chi connectivity index (χ4n) is 2.13. The average Bonchev–Trinajstić information content (AvgIpc) is 2.56. The van der Waals surface area contributed by atoms with Crippen LogP contribution in [0.1, 0.15) is 15.9 Å². The highest BCUT2D eigenvalue weighted by molar-refractivity contribution is 6.23. The Morgan fingerprint density at radius 1 is 0.750 bits per heavy atom. The Bertz CT molecular complexity index is 615. The molecule has 3 heteroatoms. The minimum atomic E-state index is -0.237. The SMILES string of the molecule is O=C1c2cccc(O)c2-c2cccc(O)c21. The third-order valence-electron chi connectivity index (χ3n) is 2.83. The summed E-state index contributed by atoms with van der Waals surface area (Å²) < 4.78 is 0. The van der Waals surface area contributed by atoms with Crippen molar-refractivity contribution >= 4 is 5.78 Å². The number of benzene rings is 2. The third kappa shape index (κ3) is 0.945. The van der Waals surface area contributed by atoms with Crippen LogP contribution in [0.3, 0.4) is 0 Å². The van der Waals surface area contributed by atoms with Crippen LogP contribution < -0.4 is 0 Å². The number of phenolic OH excluding ortho intramolecular Hbond substituents is 2. The molecule has 0 radical (unpaired) electrons. The minimum Gasteiger partial charge on any atom is -0.507 e. The maximum Gasteiger partial charge on any atom is 0.198 e. The predicted molar refractivity (Wildman–Crippen MR) is 58.6 cm³/mol. The summed E-state index contributed by atoms with van der Waals surface area (Å²) in [7, 11) is 0. The van der Waals surface area contributed by atoms with E-state index in [9.17, 15) is 15.0 Å². The van der Waals surface area contributed by atoms with Crippen molar-refractivity contribution in [2.24, 2.45) is 0 Å². The largest absolute Gasteiger partial charge is 0.507 e. The van der Waals surface area contributed by atoms with E-state index in [0.29, 0.717) is 16.7 Å². The van der Waals surface area contributed by atoms with Gasteiger partial charge in [0.05, 0.1) is 5.56 Å². The van der Waals surface area contributed by atoms with Gasteiger partial charge in [-0.3, -0.25) is 4.79 Å². The zero-order chi connectivity index (χ0) is 11.3. The zero-order valence-electron chi connectivity index (χ0n) is 8.27. The molecule has 3 rings (SSSR count). The standard InChI is InChI=1S/C13H8O3/c14-9-5-2-4-8-11(9)7-3-1-6-10(15)12(7)13(8)16/h1-6,14-15H. The molecule has 0 fully saturated rings. The van der Waals surface area contributed by atoms with E-state index in [-0.39, 0.29) is 22.8 Å². The molecular formula is C13H8O3. The maximum absolute atomic E-state index is 12.0. The van der Waals surface area contributed by atoms with Crippen LogP contribution in [0.5, 0.6) is 11.5 Å². The molecule has 0 saturated heterocycles. The lowest BCUT2D eigenvalue weighted by Crippen LogP contribution is -1.94. The minimum absolute atomic E-state index is 0.0434. The van der Waals surface area contributed by atoms with Crippen LogP contribution in [0.2, 0.25) is 0 Å². The molecular weight excluding hydrogens is 204 g/mol. The Morgan fingerprint density at radius 2 is 1.31 bits per heavy atom. The van der Waals surface area contributed by atoms with E-state index in [1.54, 1.807) is 24.3 Å². The second-order valence-electron chi connectivity index (χ2n) is 3.73. The van der Waals surface area contributed by atoms with E-state index >= 15 is 0 Å². The number of hydrogen-bond acceptors (Lipinski definition) is 3. The first-order valence-electron chi connectivity index (χ1n) is 4.89. The van der Waals surface area contributed by atoms with Crippen molar-refractivity contribution in [3.63, 3.8) is 0 Å². The predicted octanol–water partition coefficient (Wildman–Crippen LogP) is 2.31. The van der Waals surface area contributed by atoms with Gasteiger partial charge in [0.1, 0.15) is 11.5 Å². The van der Waals surface area contributed by atoms with Crippen molar-refractivity contribution < 1.29 is 15.0 Å². The number of aromatic hydroxyl groups is 2. The number of ketones is 1. The molecule has 0 saturated carbocycles. The lowest BCUT2D eigenvalue weighted by atomic mass is 10.0. The molecule has 2 aromatic carbocycles. The molecule has 1 aliphatic carbocycles. The zero-order valence-corrected chi connectivity index (χ0v) is 8.27. The van der Waals surface area contributed by atoms with Crippen molar-refractivity contribution in [2.75, 3.05) is 0 Å². The second kappa shape index (κ2) is 2.85. The first-order valence-corrected chi connectivity index (χ1v) is 4.89. The fourth-order valence-corrected chi connectivity index (χ4v) is 2.13. The van der Waals surface area contributed by atoms with Crippen molar-refractivity contribution in [2.45, 2.75) is 0 Å². The molecule has 0 amide bonds. The van der Waals surface area contributed by atoms with Crippen LogP contribution in [-0.2, 0) is 0 Å². The van der Waals surface area contributed by atoms with Gasteiger partial charge in [-0.25, -0.2) is 0 Å².